The maximum atomic E-state index is 2.47. The third-order valence-electron chi connectivity index (χ3n) is 12.2. The predicted molar refractivity (Wildman–Crippen MR) is 260 cm³/mol. The molecular formula is C58H37NS. The minimum Gasteiger partial charge on any atom is -0.310 e. The summed E-state index contributed by atoms with van der Waals surface area (Å²) in [6, 6.07) is 82.6. The van der Waals surface area contributed by atoms with Gasteiger partial charge >= 0.3 is 0 Å². The van der Waals surface area contributed by atoms with Crippen molar-refractivity contribution >= 4 is 91.7 Å². The Morgan fingerprint density at radius 2 is 0.783 bits per heavy atom. The average Bonchev–Trinajstić information content (AvgIpc) is 3.72. The van der Waals surface area contributed by atoms with E-state index in [0.29, 0.717) is 0 Å². The highest BCUT2D eigenvalue weighted by Gasteiger charge is 2.22. The Balaban J connectivity index is 1.05. The van der Waals surface area contributed by atoms with E-state index in [2.05, 4.69) is 229 Å². The molecule has 2 heteroatoms. The SMILES string of the molecule is c1ccc(-c2ccc(-c3ccc(N(c4ccc(-c5ccc6ccc7ccccc7c6c5)cc4)c4ccc5ccc6ccccc6c5c4)c4c3sc3ccccc34)cc2)cc1. The van der Waals surface area contributed by atoms with E-state index in [1.165, 1.54) is 96.6 Å². The summed E-state index contributed by atoms with van der Waals surface area (Å²) in [4.78, 5) is 2.47. The van der Waals surface area contributed by atoms with Crippen molar-refractivity contribution in [2.45, 2.75) is 0 Å². The molecule has 0 saturated heterocycles. The molecular weight excluding hydrogens is 743 g/mol. The summed E-state index contributed by atoms with van der Waals surface area (Å²) in [6.45, 7) is 0. The van der Waals surface area contributed by atoms with Crippen LogP contribution in [0.15, 0.2) is 224 Å². The lowest BCUT2D eigenvalue weighted by Gasteiger charge is -2.28. The van der Waals surface area contributed by atoms with Gasteiger partial charge in [0.2, 0.25) is 0 Å². The van der Waals surface area contributed by atoms with Crippen LogP contribution in [-0.2, 0) is 0 Å². The van der Waals surface area contributed by atoms with Crippen molar-refractivity contribution in [2.75, 3.05) is 4.90 Å². The molecule has 0 aliphatic rings. The molecule has 12 aromatic rings. The second kappa shape index (κ2) is 14.1. The molecule has 0 fully saturated rings. The highest BCUT2D eigenvalue weighted by atomic mass is 32.1. The Labute approximate surface area is 352 Å². The third kappa shape index (κ3) is 5.76. The van der Waals surface area contributed by atoms with E-state index in [9.17, 15) is 0 Å². The van der Waals surface area contributed by atoms with E-state index in [-0.39, 0.29) is 0 Å². The summed E-state index contributed by atoms with van der Waals surface area (Å²) in [6.07, 6.45) is 0. The number of benzene rings is 11. The topological polar surface area (TPSA) is 3.24 Å². The fraction of sp³-hybridized carbons (Fsp3) is 0. The van der Waals surface area contributed by atoms with Crippen LogP contribution >= 0.6 is 11.3 Å². The highest BCUT2D eigenvalue weighted by Crippen LogP contribution is 2.49. The summed E-state index contributed by atoms with van der Waals surface area (Å²) in [5.74, 6) is 0. The summed E-state index contributed by atoms with van der Waals surface area (Å²) in [5, 5.41) is 12.6. The van der Waals surface area contributed by atoms with Crippen molar-refractivity contribution in [1.29, 1.82) is 0 Å². The molecule has 11 aromatic carbocycles. The molecule has 0 radical (unpaired) electrons. The van der Waals surface area contributed by atoms with Gasteiger partial charge in [-0.3, -0.25) is 0 Å². The monoisotopic (exact) mass is 779 g/mol. The molecule has 0 amide bonds. The van der Waals surface area contributed by atoms with Crippen molar-refractivity contribution in [3.8, 4) is 33.4 Å². The normalized spacial score (nSPS) is 11.7. The second-order valence-electron chi connectivity index (χ2n) is 15.7. The van der Waals surface area contributed by atoms with Crippen LogP contribution in [0, 0.1) is 0 Å². The van der Waals surface area contributed by atoms with E-state index in [4.69, 9.17) is 0 Å². The number of hydrogen-bond acceptors (Lipinski definition) is 2. The van der Waals surface area contributed by atoms with Crippen LogP contribution in [0.4, 0.5) is 17.1 Å². The van der Waals surface area contributed by atoms with Crippen LogP contribution in [0.25, 0.3) is 96.6 Å². The molecule has 0 atom stereocenters. The fourth-order valence-corrected chi connectivity index (χ4v) is 10.5. The zero-order chi connectivity index (χ0) is 39.6. The van der Waals surface area contributed by atoms with Crippen molar-refractivity contribution in [3.63, 3.8) is 0 Å². The highest BCUT2D eigenvalue weighted by molar-refractivity contribution is 7.26. The molecule has 0 spiro atoms. The van der Waals surface area contributed by atoms with Crippen molar-refractivity contribution in [3.05, 3.63) is 224 Å². The third-order valence-corrected chi connectivity index (χ3v) is 13.4. The Kier molecular flexibility index (Phi) is 8.11. The van der Waals surface area contributed by atoms with Gasteiger partial charge < -0.3 is 4.90 Å². The van der Waals surface area contributed by atoms with E-state index in [1.54, 1.807) is 0 Å². The quantitative estimate of drug-likeness (QED) is 0.152. The lowest BCUT2D eigenvalue weighted by molar-refractivity contribution is 1.31. The Morgan fingerprint density at radius 3 is 1.50 bits per heavy atom. The summed E-state index contributed by atoms with van der Waals surface area (Å²) in [5.41, 5.74) is 10.7. The van der Waals surface area contributed by atoms with E-state index in [1.807, 2.05) is 11.3 Å². The molecule has 0 N–H and O–H groups in total. The first kappa shape index (κ1) is 34.5. The molecule has 0 bridgehead atoms. The number of hydrogen-bond donors (Lipinski definition) is 0. The van der Waals surface area contributed by atoms with Crippen molar-refractivity contribution < 1.29 is 0 Å². The first-order valence-electron chi connectivity index (χ1n) is 20.6. The van der Waals surface area contributed by atoms with E-state index >= 15 is 0 Å². The van der Waals surface area contributed by atoms with Gasteiger partial charge in [0.1, 0.15) is 0 Å². The number of rotatable bonds is 6. The summed E-state index contributed by atoms with van der Waals surface area (Å²) in [7, 11) is 0. The van der Waals surface area contributed by atoms with Crippen LogP contribution in [-0.4, -0.2) is 0 Å². The molecule has 0 saturated carbocycles. The number of nitrogens with zero attached hydrogens (tertiary/aromatic N) is 1. The Morgan fingerprint density at radius 1 is 0.300 bits per heavy atom. The molecule has 1 nitrogen and oxygen atoms in total. The molecule has 280 valence electrons. The summed E-state index contributed by atoms with van der Waals surface area (Å²) >= 11 is 1.88. The summed E-state index contributed by atoms with van der Waals surface area (Å²) < 4.78 is 2.57. The minimum atomic E-state index is 1.11. The van der Waals surface area contributed by atoms with Crippen molar-refractivity contribution in [1.82, 2.24) is 0 Å². The average molecular weight is 780 g/mol. The Hall–Kier alpha value is -7.52. The first-order chi connectivity index (χ1) is 29.7. The van der Waals surface area contributed by atoms with Gasteiger partial charge in [-0.05, 0) is 119 Å². The molecule has 0 aliphatic heterocycles. The maximum Gasteiger partial charge on any atom is 0.0555 e. The van der Waals surface area contributed by atoms with Gasteiger partial charge in [0, 0.05) is 31.5 Å². The van der Waals surface area contributed by atoms with Gasteiger partial charge in [0.25, 0.3) is 0 Å². The Bertz CT molecular complexity index is 3580. The smallest absolute Gasteiger partial charge is 0.0555 e. The van der Waals surface area contributed by atoms with Gasteiger partial charge in [-0.25, -0.2) is 0 Å². The lowest BCUT2D eigenvalue weighted by atomic mass is 9.96. The van der Waals surface area contributed by atoms with Crippen LogP contribution in [0.2, 0.25) is 0 Å². The standard InChI is InChI=1S/C58H37NS/c1-2-10-38(11-3-1)39-18-20-43(21-19-39)51-34-35-55(57-52-16-8-9-17-56(52)60-58(51)57)59(48-33-30-45-25-23-42-13-5-7-15-50(42)54(45)37-48)47-31-28-40(29-32-47)46-27-26-44-24-22-41-12-4-6-14-49(41)53(44)36-46/h1-37H. The van der Waals surface area contributed by atoms with Gasteiger partial charge in [0.15, 0.2) is 0 Å². The minimum absolute atomic E-state index is 1.11. The maximum absolute atomic E-state index is 2.47. The molecule has 0 unspecified atom stereocenters. The zero-order valence-corrected chi connectivity index (χ0v) is 33.5. The largest absolute Gasteiger partial charge is 0.310 e. The number of thiophene rings is 1. The number of fused-ring (bicyclic) bond motifs is 9. The fourth-order valence-electron chi connectivity index (χ4n) is 9.24. The van der Waals surface area contributed by atoms with E-state index in [0.717, 1.165) is 17.1 Å². The number of anilines is 3. The first-order valence-corrected chi connectivity index (χ1v) is 21.4. The van der Waals surface area contributed by atoms with Crippen LogP contribution in [0.1, 0.15) is 0 Å². The molecule has 1 aromatic heterocycles. The molecule has 1 heterocycles. The van der Waals surface area contributed by atoms with Crippen LogP contribution in [0.5, 0.6) is 0 Å². The molecule has 60 heavy (non-hydrogen) atoms. The molecule has 0 aliphatic carbocycles. The molecule has 12 rings (SSSR count). The van der Waals surface area contributed by atoms with E-state index < -0.39 is 0 Å². The van der Waals surface area contributed by atoms with Crippen LogP contribution < -0.4 is 4.90 Å². The van der Waals surface area contributed by atoms with Gasteiger partial charge in [-0.1, -0.05) is 182 Å². The van der Waals surface area contributed by atoms with Crippen LogP contribution in [0.3, 0.4) is 0 Å². The van der Waals surface area contributed by atoms with Gasteiger partial charge in [-0.2, -0.15) is 0 Å². The van der Waals surface area contributed by atoms with Gasteiger partial charge in [0.05, 0.1) is 5.69 Å². The second-order valence-corrected chi connectivity index (χ2v) is 16.7. The van der Waals surface area contributed by atoms with Gasteiger partial charge in [-0.15, -0.1) is 11.3 Å². The van der Waals surface area contributed by atoms with Crippen molar-refractivity contribution in [2.24, 2.45) is 0 Å². The zero-order valence-electron chi connectivity index (χ0n) is 32.7. The predicted octanol–water partition coefficient (Wildman–Crippen LogP) is 17.1. The lowest BCUT2D eigenvalue weighted by Crippen LogP contribution is -2.10.